The van der Waals surface area contributed by atoms with Crippen LogP contribution < -0.4 is 5.32 Å². The average molecular weight is 402 g/mol. The summed E-state index contributed by atoms with van der Waals surface area (Å²) in [6, 6.07) is 15.3. The van der Waals surface area contributed by atoms with Crippen molar-refractivity contribution in [2.24, 2.45) is 0 Å². The number of imidazole rings is 1. The number of carbonyl (C=O) groups excluding carboxylic acids is 1. The topological polar surface area (TPSA) is 56.1 Å². The van der Waals surface area contributed by atoms with Crippen LogP contribution in [0.3, 0.4) is 0 Å². The molecular weight excluding hydrogens is 382 g/mol. The molecule has 0 saturated heterocycles. The molecule has 0 aliphatic carbocycles. The Hall–Kier alpha value is -2.18. The lowest BCUT2D eigenvalue weighted by Gasteiger charge is -2.10. The first-order valence-electron chi connectivity index (χ1n) is 8.24. The number of ether oxygens (including phenoxy) is 1. The van der Waals surface area contributed by atoms with Crippen LogP contribution in [0.4, 0.5) is 0 Å². The molecule has 0 saturated carbocycles. The monoisotopic (exact) mass is 401 g/mol. The number of benzene rings is 2. The minimum Gasteiger partial charge on any atom is -0.380 e. The van der Waals surface area contributed by atoms with Crippen molar-refractivity contribution in [3.05, 3.63) is 64.4 Å². The van der Waals surface area contributed by atoms with Gasteiger partial charge in [0.15, 0.2) is 0 Å². The van der Waals surface area contributed by atoms with Crippen LogP contribution in [0.2, 0.25) is 0 Å². The molecule has 1 amide bonds. The number of rotatable bonds is 7. The van der Waals surface area contributed by atoms with Crippen LogP contribution in [0.1, 0.15) is 23.1 Å². The fourth-order valence-electron chi connectivity index (χ4n) is 2.70. The minimum absolute atomic E-state index is 0.121. The van der Waals surface area contributed by atoms with Crippen molar-refractivity contribution in [2.75, 3.05) is 13.2 Å². The number of amides is 1. The number of para-hydroxylation sites is 2. The van der Waals surface area contributed by atoms with Gasteiger partial charge in [-0.05, 0) is 37.3 Å². The molecule has 3 aromatic rings. The van der Waals surface area contributed by atoms with Gasteiger partial charge in [-0.25, -0.2) is 4.98 Å². The number of carbonyl (C=O) groups is 1. The van der Waals surface area contributed by atoms with Crippen LogP contribution in [0.25, 0.3) is 11.0 Å². The van der Waals surface area contributed by atoms with Crippen molar-refractivity contribution in [2.45, 2.75) is 20.0 Å². The predicted octanol–water partition coefficient (Wildman–Crippen LogP) is 3.77. The molecule has 5 nitrogen and oxygen atoms in total. The van der Waals surface area contributed by atoms with Gasteiger partial charge in [-0.1, -0.05) is 34.1 Å². The van der Waals surface area contributed by atoms with E-state index in [1.54, 1.807) is 12.1 Å². The van der Waals surface area contributed by atoms with Crippen molar-refractivity contribution in [3.8, 4) is 0 Å². The number of nitrogens with zero attached hydrogens (tertiary/aromatic N) is 2. The summed E-state index contributed by atoms with van der Waals surface area (Å²) in [4.78, 5) is 17.0. The second-order valence-electron chi connectivity index (χ2n) is 5.56. The van der Waals surface area contributed by atoms with Crippen LogP contribution in [0, 0.1) is 0 Å². The molecule has 0 atom stereocenters. The van der Waals surface area contributed by atoms with E-state index in [9.17, 15) is 4.79 Å². The standard InChI is InChI=1S/C19H20BrN3O2/c1-2-25-11-10-23-17-9-4-3-8-16(17)22-18(23)13-21-19(24)14-6-5-7-15(20)12-14/h3-9,12H,2,10-11,13H2,1H3,(H,21,24). The van der Waals surface area contributed by atoms with Crippen molar-refractivity contribution in [1.82, 2.24) is 14.9 Å². The quantitative estimate of drug-likeness (QED) is 0.613. The van der Waals surface area contributed by atoms with Crippen molar-refractivity contribution >= 4 is 32.9 Å². The van der Waals surface area contributed by atoms with Crippen molar-refractivity contribution in [3.63, 3.8) is 0 Å². The predicted molar refractivity (Wildman–Crippen MR) is 102 cm³/mol. The maximum atomic E-state index is 12.4. The Balaban J connectivity index is 1.78. The van der Waals surface area contributed by atoms with E-state index in [1.165, 1.54) is 0 Å². The summed E-state index contributed by atoms with van der Waals surface area (Å²) < 4.78 is 8.46. The maximum Gasteiger partial charge on any atom is 0.251 e. The van der Waals surface area contributed by atoms with Gasteiger partial charge < -0.3 is 14.6 Å². The highest BCUT2D eigenvalue weighted by Gasteiger charge is 2.12. The number of aromatic nitrogens is 2. The molecule has 2 aromatic carbocycles. The van der Waals surface area contributed by atoms with E-state index in [4.69, 9.17) is 4.74 Å². The molecule has 0 aliphatic heterocycles. The molecule has 0 spiro atoms. The highest BCUT2D eigenvalue weighted by Crippen LogP contribution is 2.16. The lowest BCUT2D eigenvalue weighted by Crippen LogP contribution is -2.25. The molecule has 25 heavy (non-hydrogen) atoms. The van der Waals surface area contributed by atoms with Gasteiger partial charge in [0.1, 0.15) is 5.82 Å². The first kappa shape index (κ1) is 17.6. The summed E-state index contributed by atoms with van der Waals surface area (Å²) in [5.74, 6) is 0.703. The lowest BCUT2D eigenvalue weighted by molar-refractivity contribution is 0.0949. The smallest absolute Gasteiger partial charge is 0.251 e. The zero-order chi connectivity index (χ0) is 17.6. The largest absolute Gasteiger partial charge is 0.380 e. The van der Waals surface area contributed by atoms with E-state index < -0.39 is 0 Å². The summed E-state index contributed by atoms with van der Waals surface area (Å²) in [6.45, 7) is 4.35. The number of fused-ring (bicyclic) bond motifs is 1. The third-order valence-electron chi connectivity index (χ3n) is 3.89. The summed E-state index contributed by atoms with van der Waals surface area (Å²) in [7, 11) is 0. The van der Waals surface area contributed by atoms with Gasteiger partial charge in [-0.15, -0.1) is 0 Å². The Morgan fingerprint density at radius 2 is 2.08 bits per heavy atom. The Kier molecular flexibility index (Phi) is 5.83. The highest BCUT2D eigenvalue weighted by atomic mass is 79.9. The SMILES string of the molecule is CCOCCn1c(CNC(=O)c2cccc(Br)c2)nc2ccccc21. The Labute approximate surface area is 155 Å². The van der Waals surface area contributed by atoms with E-state index >= 15 is 0 Å². The Morgan fingerprint density at radius 3 is 2.88 bits per heavy atom. The van der Waals surface area contributed by atoms with Crippen molar-refractivity contribution in [1.29, 1.82) is 0 Å². The zero-order valence-electron chi connectivity index (χ0n) is 14.0. The molecule has 1 aromatic heterocycles. The van der Waals surface area contributed by atoms with E-state index in [1.807, 2.05) is 43.3 Å². The zero-order valence-corrected chi connectivity index (χ0v) is 15.6. The highest BCUT2D eigenvalue weighted by molar-refractivity contribution is 9.10. The van der Waals surface area contributed by atoms with Gasteiger partial charge in [0.05, 0.1) is 24.2 Å². The number of nitrogens with one attached hydrogen (secondary N) is 1. The van der Waals surface area contributed by atoms with Crippen LogP contribution in [0.5, 0.6) is 0 Å². The van der Waals surface area contributed by atoms with Crippen molar-refractivity contribution < 1.29 is 9.53 Å². The number of hydrogen-bond donors (Lipinski definition) is 1. The molecule has 130 valence electrons. The second-order valence-corrected chi connectivity index (χ2v) is 6.47. The molecule has 0 radical (unpaired) electrons. The van der Waals surface area contributed by atoms with Gasteiger partial charge in [0.2, 0.25) is 0 Å². The first-order chi connectivity index (χ1) is 12.2. The number of halogens is 1. The molecule has 0 fully saturated rings. The molecule has 1 N–H and O–H groups in total. The van der Waals surface area contributed by atoms with Crippen LogP contribution in [-0.2, 0) is 17.8 Å². The summed E-state index contributed by atoms with van der Waals surface area (Å²) in [6.07, 6.45) is 0. The summed E-state index contributed by atoms with van der Waals surface area (Å²) >= 11 is 3.39. The van der Waals surface area contributed by atoms with E-state index in [0.29, 0.717) is 31.9 Å². The average Bonchev–Trinajstić information content (AvgIpc) is 2.98. The van der Waals surface area contributed by atoms with E-state index in [-0.39, 0.29) is 5.91 Å². The van der Waals surface area contributed by atoms with Crippen LogP contribution in [0.15, 0.2) is 53.0 Å². The molecule has 0 unspecified atom stereocenters. The van der Waals surface area contributed by atoms with Gasteiger partial charge in [-0.2, -0.15) is 0 Å². The van der Waals surface area contributed by atoms with E-state index in [2.05, 4.69) is 30.8 Å². The normalized spacial score (nSPS) is 11.0. The number of hydrogen-bond acceptors (Lipinski definition) is 3. The van der Waals surface area contributed by atoms with Crippen LogP contribution in [-0.4, -0.2) is 28.7 Å². The maximum absolute atomic E-state index is 12.4. The molecule has 1 heterocycles. The molecular formula is C19H20BrN3O2. The minimum atomic E-state index is -0.121. The molecule has 6 heteroatoms. The fraction of sp³-hybridized carbons (Fsp3) is 0.263. The second kappa shape index (κ2) is 8.27. The summed E-state index contributed by atoms with van der Waals surface area (Å²) in [5, 5.41) is 2.95. The molecule has 0 aliphatic rings. The van der Waals surface area contributed by atoms with Gasteiger partial charge >= 0.3 is 0 Å². The summed E-state index contributed by atoms with van der Waals surface area (Å²) in [5.41, 5.74) is 2.59. The first-order valence-corrected chi connectivity index (χ1v) is 9.04. The van der Waals surface area contributed by atoms with Gasteiger partial charge in [0.25, 0.3) is 5.91 Å². The third kappa shape index (κ3) is 4.27. The van der Waals surface area contributed by atoms with Gasteiger partial charge in [0, 0.05) is 23.2 Å². The third-order valence-corrected chi connectivity index (χ3v) is 4.38. The Morgan fingerprint density at radius 1 is 1.24 bits per heavy atom. The Bertz CT molecular complexity index is 876. The fourth-order valence-corrected chi connectivity index (χ4v) is 3.10. The lowest BCUT2D eigenvalue weighted by atomic mass is 10.2. The molecule has 3 rings (SSSR count). The van der Waals surface area contributed by atoms with Crippen LogP contribution >= 0.6 is 15.9 Å². The van der Waals surface area contributed by atoms with E-state index in [0.717, 1.165) is 21.3 Å². The van der Waals surface area contributed by atoms with Gasteiger partial charge in [-0.3, -0.25) is 4.79 Å². The molecule has 0 bridgehead atoms.